The predicted octanol–water partition coefficient (Wildman–Crippen LogP) is 1.75. The third-order valence-electron chi connectivity index (χ3n) is 8.05. The smallest absolute Gasteiger partial charge is 0.505 e. The fraction of sp³-hybridized carbons (Fsp3) is 0. The third-order valence-corrected chi connectivity index (χ3v) is 11.2. The number of nitrogens with zero attached hydrogens (tertiary/aromatic N) is 7. The first-order valence-corrected chi connectivity index (χ1v) is 20.5. The van der Waals surface area contributed by atoms with Gasteiger partial charge in [0.1, 0.15) is 26.9 Å². The van der Waals surface area contributed by atoms with Crippen molar-refractivity contribution in [1.82, 2.24) is 0 Å². The summed E-state index contributed by atoms with van der Waals surface area (Å²) >= 11 is 0. The van der Waals surface area contributed by atoms with Crippen LogP contribution in [-0.2, 0) is 30.3 Å². The zero-order valence-electron chi connectivity index (χ0n) is 31.5. The van der Waals surface area contributed by atoms with Crippen molar-refractivity contribution >= 4 is 104 Å². The molecule has 22 nitrogen and oxygen atoms in total. The minimum atomic E-state index is -5.22. The molecule has 0 radical (unpaired) electrons. The van der Waals surface area contributed by atoms with Crippen molar-refractivity contribution in [3.63, 3.8) is 0 Å². The largest absolute Gasteiger partial charge is 1.00 e. The van der Waals surface area contributed by atoms with Gasteiger partial charge in [0.25, 0.3) is 35.9 Å². The molecule has 6 aromatic carbocycles. The number of hydrogen-bond donors (Lipinski definition) is 7. The third kappa shape index (κ3) is 11.6. The number of nitrogen functional groups attached to an aromatic ring is 3. The monoisotopic (exact) mass is 923 g/mol. The second-order valence-corrected chi connectivity index (χ2v) is 16.6. The van der Waals surface area contributed by atoms with Gasteiger partial charge in [0.05, 0.1) is 43.6 Å². The quantitative estimate of drug-likeness (QED) is 0.0230. The van der Waals surface area contributed by atoms with E-state index in [1.807, 2.05) is 0 Å². The van der Waals surface area contributed by atoms with E-state index in [4.69, 9.17) is 17.2 Å². The average Bonchev–Trinajstić information content (AvgIpc) is 3.16. The van der Waals surface area contributed by atoms with Crippen LogP contribution in [0.1, 0.15) is 0 Å². The van der Waals surface area contributed by atoms with E-state index in [1.54, 1.807) is 12.1 Å². The van der Waals surface area contributed by atoms with Gasteiger partial charge in [0.15, 0.2) is 5.75 Å². The number of rotatable bonds is 12. The van der Waals surface area contributed by atoms with E-state index in [2.05, 4.69) is 35.4 Å². The fourth-order valence-electron chi connectivity index (χ4n) is 5.24. The molecule has 0 aliphatic heterocycles. The maximum atomic E-state index is 13.1. The van der Waals surface area contributed by atoms with Crippen LogP contribution in [0.15, 0.2) is 149 Å². The van der Waals surface area contributed by atoms with Gasteiger partial charge < -0.3 is 22.3 Å². The Labute approximate surface area is 410 Å². The first-order valence-electron chi connectivity index (χ1n) is 16.2. The van der Waals surface area contributed by atoms with Crippen molar-refractivity contribution in [3.05, 3.63) is 113 Å². The standard InChI is InChI=1S/C34H27N11O11S3.K.Na/c35-19-1-14-27(26(36)17-19)41-38-20-2-4-23(5-3-20)44-57(49,50)25-12-8-22(9-13-25)40-43-33-29(59(54,55)56)16-18-15-28(58(51,52)53)32(31(37)30(18)34(33)46)42-39-21-6-10-24(11-7-21)45(47)48;;/h1-17,44,46H,35-37H2,(H,51,52,53)(H,54,55,56);;/q;2*+1. The molecule has 0 aromatic heterocycles. The van der Waals surface area contributed by atoms with Crippen LogP contribution in [0, 0.1) is 10.1 Å². The molecule has 6 rings (SSSR count). The van der Waals surface area contributed by atoms with Crippen molar-refractivity contribution in [2.24, 2.45) is 30.7 Å². The number of benzene rings is 6. The zero-order valence-corrected chi connectivity index (χ0v) is 39.1. The molecule has 6 aromatic rings. The molecule has 302 valence electrons. The number of phenolic OH excluding ortho intramolecular Hbond substituents is 1. The number of non-ortho nitro benzene ring substituents is 1. The number of hydrogen-bond acceptors (Lipinski definition) is 18. The van der Waals surface area contributed by atoms with Gasteiger partial charge in [-0.25, -0.2) is 8.42 Å². The van der Waals surface area contributed by atoms with Crippen LogP contribution >= 0.6 is 0 Å². The summed E-state index contributed by atoms with van der Waals surface area (Å²) in [5.41, 5.74) is 16.9. The van der Waals surface area contributed by atoms with E-state index < -0.39 is 78.6 Å². The van der Waals surface area contributed by atoms with E-state index >= 15 is 0 Å². The maximum Gasteiger partial charge on any atom is 1.00 e. The molecule has 0 spiro atoms. The summed E-state index contributed by atoms with van der Waals surface area (Å²) in [4.78, 5) is 8.05. The second-order valence-electron chi connectivity index (χ2n) is 12.1. The minimum Gasteiger partial charge on any atom is -0.505 e. The molecular formula is C34H27KN11NaO11S3+2. The molecule has 27 heteroatoms. The van der Waals surface area contributed by atoms with E-state index in [1.165, 1.54) is 54.6 Å². The van der Waals surface area contributed by atoms with E-state index in [0.29, 0.717) is 34.9 Å². The Morgan fingerprint density at radius 2 is 1.10 bits per heavy atom. The molecule has 0 saturated heterocycles. The fourth-order valence-corrected chi connectivity index (χ4v) is 7.63. The second kappa shape index (κ2) is 19.5. The molecule has 0 aliphatic rings. The van der Waals surface area contributed by atoms with Crippen molar-refractivity contribution in [3.8, 4) is 5.75 Å². The van der Waals surface area contributed by atoms with E-state index in [0.717, 1.165) is 24.3 Å². The molecular weight excluding hydrogens is 897 g/mol. The molecule has 0 heterocycles. The molecule has 0 saturated carbocycles. The van der Waals surface area contributed by atoms with Crippen LogP contribution in [0.4, 0.5) is 62.6 Å². The first-order chi connectivity index (χ1) is 27.7. The average molecular weight is 924 g/mol. The molecule has 0 bridgehead atoms. The predicted molar refractivity (Wildman–Crippen MR) is 214 cm³/mol. The van der Waals surface area contributed by atoms with Gasteiger partial charge in [0.2, 0.25) is 0 Å². The summed E-state index contributed by atoms with van der Waals surface area (Å²) in [5, 5.41) is 44.7. The number of aromatic hydroxyl groups is 1. The summed E-state index contributed by atoms with van der Waals surface area (Å²) in [6.07, 6.45) is 0. The summed E-state index contributed by atoms with van der Waals surface area (Å²) in [6, 6.07) is 21.3. The molecule has 0 aliphatic carbocycles. The number of fused-ring (bicyclic) bond motifs is 1. The van der Waals surface area contributed by atoms with Crippen LogP contribution in [-0.4, -0.2) is 44.4 Å². The van der Waals surface area contributed by atoms with Crippen LogP contribution in [0.2, 0.25) is 0 Å². The first kappa shape index (κ1) is 48.8. The minimum absolute atomic E-state index is 0. The Morgan fingerprint density at radius 1 is 0.623 bits per heavy atom. The van der Waals surface area contributed by atoms with Crippen molar-refractivity contribution in [2.45, 2.75) is 14.7 Å². The number of sulfonamides is 1. The number of azo groups is 3. The number of nitrogens with one attached hydrogen (secondary N) is 1. The van der Waals surface area contributed by atoms with Crippen molar-refractivity contribution < 1.29 is 125 Å². The summed E-state index contributed by atoms with van der Waals surface area (Å²) < 4.78 is 98.2. The molecule has 0 unspecified atom stereocenters. The van der Waals surface area contributed by atoms with Crippen LogP contribution < -0.4 is 103 Å². The number of nitrogens with two attached hydrogens (primary N) is 3. The number of phenols is 1. The molecule has 0 atom stereocenters. The Kier molecular flexibility index (Phi) is 15.6. The Morgan fingerprint density at radius 3 is 1.61 bits per heavy atom. The molecule has 0 amide bonds. The number of anilines is 4. The van der Waals surface area contributed by atoms with Crippen LogP contribution in [0.3, 0.4) is 0 Å². The molecule has 61 heavy (non-hydrogen) atoms. The summed E-state index contributed by atoms with van der Waals surface area (Å²) in [6.45, 7) is 0. The van der Waals surface area contributed by atoms with Gasteiger partial charge in [-0.3, -0.25) is 23.9 Å². The van der Waals surface area contributed by atoms with Gasteiger partial charge in [-0.15, -0.1) is 15.3 Å². The van der Waals surface area contributed by atoms with Gasteiger partial charge in [-0.05, 0) is 96.4 Å². The normalized spacial score (nSPS) is 12.1. The van der Waals surface area contributed by atoms with Gasteiger partial charge >= 0.3 is 80.9 Å². The number of nitro groups is 1. The van der Waals surface area contributed by atoms with Gasteiger partial charge in [0, 0.05) is 23.5 Å². The summed E-state index contributed by atoms with van der Waals surface area (Å²) in [5.74, 6) is -1.03. The number of nitro benzene ring substituents is 1. The van der Waals surface area contributed by atoms with Crippen LogP contribution in [0.5, 0.6) is 5.75 Å². The van der Waals surface area contributed by atoms with Gasteiger partial charge in [-0.1, -0.05) is 0 Å². The summed E-state index contributed by atoms with van der Waals surface area (Å²) in [7, 11) is -14.5. The van der Waals surface area contributed by atoms with Crippen molar-refractivity contribution in [2.75, 3.05) is 21.9 Å². The molecule has 0 fully saturated rings. The Hall–Kier alpha value is -4.81. The topological polar surface area (TPSA) is 370 Å². The van der Waals surface area contributed by atoms with Crippen molar-refractivity contribution in [1.29, 1.82) is 0 Å². The van der Waals surface area contributed by atoms with E-state index in [-0.39, 0.29) is 109 Å². The Bertz CT molecular complexity index is 3110. The maximum absolute atomic E-state index is 13.1. The van der Waals surface area contributed by atoms with Crippen LogP contribution in [0.25, 0.3) is 10.8 Å². The molecule has 10 N–H and O–H groups in total. The Balaban J connectivity index is 0.00000410. The van der Waals surface area contributed by atoms with Gasteiger partial charge in [-0.2, -0.15) is 32.2 Å². The SMILES string of the molecule is Nc1ccc(N=Nc2ccc(NS(=O)(=O)c3ccc(N=Nc4c(S(=O)(=O)O)cc5cc(S(=O)(=O)O)c(N=Nc6ccc([N+](=O)[O-])cc6)c(N)c5c4O)cc3)cc2)c(N)c1.[K+].[Na+]. The van der Waals surface area contributed by atoms with E-state index in [9.17, 15) is 49.6 Å². The zero-order chi connectivity index (χ0) is 42.9.